The number of aryl methyl sites for hydroxylation is 1. The fourth-order valence-electron chi connectivity index (χ4n) is 2.56. The molecule has 1 aliphatic rings. The van der Waals surface area contributed by atoms with Gasteiger partial charge in [-0.05, 0) is 53.7 Å². The summed E-state index contributed by atoms with van der Waals surface area (Å²) in [4.78, 5) is 0. The van der Waals surface area contributed by atoms with E-state index in [1.807, 2.05) is 25.1 Å². The van der Waals surface area contributed by atoms with Crippen molar-refractivity contribution in [2.45, 2.75) is 37.5 Å². The van der Waals surface area contributed by atoms with Crippen LogP contribution in [0.2, 0.25) is 0 Å². The zero-order chi connectivity index (χ0) is 13.3. The maximum Gasteiger partial charge on any atom is 0.152 e. The van der Waals surface area contributed by atoms with Crippen LogP contribution in [0.25, 0.3) is 0 Å². The minimum absolute atomic E-state index is 0.0260. The number of hydrogen-bond donors (Lipinski definition) is 1. The highest BCUT2D eigenvalue weighted by Crippen LogP contribution is 2.32. The van der Waals surface area contributed by atoms with E-state index in [9.17, 15) is 8.42 Å². The van der Waals surface area contributed by atoms with Crippen molar-refractivity contribution in [1.82, 2.24) is 0 Å². The van der Waals surface area contributed by atoms with Gasteiger partial charge in [-0.15, -0.1) is 0 Å². The molecule has 0 spiro atoms. The van der Waals surface area contributed by atoms with E-state index in [2.05, 4.69) is 21.2 Å². The Morgan fingerprint density at radius 3 is 2.72 bits per heavy atom. The first-order valence-electron chi connectivity index (χ1n) is 6.10. The zero-order valence-electron chi connectivity index (χ0n) is 10.6. The number of halogens is 1. The molecule has 1 aromatic carbocycles. The Labute approximate surface area is 117 Å². The molecule has 5 heteroatoms. The summed E-state index contributed by atoms with van der Waals surface area (Å²) in [6, 6.07) is 6.01. The number of hydrogen-bond acceptors (Lipinski definition) is 3. The molecule has 2 rings (SSSR count). The van der Waals surface area contributed by atoms with Crippen LogP contribution in [0.1, 0.15) is 24.8 Å². The van der Waals surface area contributed by atoms with Crippen LogP contribution in [0.15, 0.2) is 22.7 Å². The van der Waals surface area contributed by atoms with Crippen molar-refractivity contribution in [2.75, 3.05) is 11.6 Å². The number of nitrogens with one attached hydrogen (secondary N) is 1. The first-order chi connectivity index (χ1) is 8.39. The average Bonchev–Trinajstić information content (AvgIpc) is 2.72. The van der Waals surface area contributed by atoms with Crippen molar-refractivity contribution in [3.05, 3.63) is 28.2 Å². The molecule has 0 radical (unpaired) electrons. The van der Waals surface area contributed by atoms with E-state index < -0.39 is 9.84 Å². The second kappa shape index (κ2) is 5.21. The lowest BCUT2D eigenvalue weighted by Gasteiger charge is -2.22. The van der Waals surface area contributed by atoms with Gasteiger partial charge in [0.2, 0.25) is 0 Å². The van der Waals surface area contributed by atoms with Gasteiger partial charge in [-0.25, -0.2) is 8.42 Å². The van der Waals surface area contributed by atoms with E-state index in [-0.39, 0.29) is 11.3 Å². The highest BCUT2D eigenvalue weighted by atomic mass is 79.9. The third-order valence-electron chi connectivity index (χ3n) is 3.54. The summed E-state index contributed by atoms with van der Waals surface area (Å²) in [6.07, 6.45) is 3.99. The lowest BCUT2D eigenvalue weighted by atomic mass is 10.2. The molecular formula is C13H18BrNO2S. The SMILES string of the molecule is Cc1cccc(NC2CCCC2S(C)(=O)=O)c1Br. The predicted octanol–water partition coefficient (Wildman–Crippen LogP) is 3.14. The van der Waals surface area contributed by atoms with Gasteiger partial charge in [-0.1, -0.05) is 12.1 Å². The fraction of sp³-hybridized carbons (Fsp3) is 0.538. The Morgan fingerprint density at radius 1 is 1.33 bits per heavy atom. The summed E-state index contributed by atoms with van der Waals surface area (Å²) in [6.45, 7) is 2.03. The van der Waals surface area contributed by atoms with Crippen LogP contribution in [0.3, 0.4) is 0 Å². The summed E-state index contributed by atoms with van der Waals surface area (Å²) >= 11 is 3.55. The Morgan fingerprint density at radius 2 is 2.06 bits per heavy atom. The van der Waals surface area contributed by atoms with Gasteiger partial charge in [-0.3, -0.25) is 0 Å². The maximum absolute atomic E-state index is 11.7. The van der Waals surface area contributed by atoms with E-state index in [1.165, 1.54) is 6.26 Å². The number of sulfone groups is 1. The standard InChI is InChI=1S/C13H18BrNO2S/c1-9-5-3-7-11(13(9)14)15-10-6-4-8-12(10)18(2,16)17/h3,5,7,10,12,15H,4,6,8H2,1-2H3. The molecule has 0 bridgehead atoms. The minimum Gasteiger partial charge on any atom is -0.380 e. The van der Waals surface area contributed by atoms with Gasteiger partial charge in [0.25, 0.3) is 0 Å². The van der Waals surface area contributed by atoms with E-state index in [4.69, 9.17) is 0 Å². The van der Waals surface area contributed by atoms with E-state index >= 15 is 0 Å². The van der Waals surface area contributed by atoms with Gasteiger partial charge in [0, 0.05) is 22.5 Å². The molecule has 1 aliphatic carbocycles. The van der Waals surface area contributed by atoms with Gasteiger partial charge in [0.1, 0.15) is 0 Å². The molecule has 0 aliphatic heterocycles. The topological polar surface area (TPSA) is 46.2 Å². The first kappa shape index (κ1) is 13.9. The Balaban J connectivity index is 2.21. The molecule has 1 fully saturated rings. The van der Waals surface area contributed by atoms with Crippen LogP contribution in [-0.2, 0) is 9.84 Å². The molecule has 100 valence electrons. The molecule has 1 aromatic rings. The van der Waals surface area contributed by atoms with E-state index in [0.717, 1.165) is 35.0 Å². The molecule has 0 heterocycles. The minimum atomic E-state index is -2.97. The lowest BCUT2D eigenvalue weighted by molar-refractivity contribution is 0.579. The van der Waals surface area contributed by atoms with Crippen molar-refractivity contribution in [3.63, 3.8) is 0 Å². The summed E-state index contributed by atoms with van der Waals surface area (Å²) in [5.74, 6) is 0. The quantitative estimate of drug-likeness (QED) is 0.925. The monoisotopic (exact) mass is 331 g/mol. The van der Waals surface area contributed by atoms with Crippen LogP contribution in [0.5, 0.6) is 0 Å². The molecule has 1 saturated carbocycles. The maximum atomic E-state index is 11.7. The highest BCUT2D eigenvalue weighted by Gasteiger charge is 2.34. The summed E-state index contributed by atoms with van der Waals surface area (Å²) in [5, 5.41) is 3.12. The van der Waals surface area contributed by atoms with Gasteiger partial charge in [0.15, 0.2) is 9.84 Å². The smallest absolute Gasteiger partial charge is 0.152 e. The van der Waals surface area contributed by atoms with Crippen molar-refractivity contribution >= 4 is 31.5 Å². The predicted molar refractivity (Wildman–Crippen MR) is 78.8 cm³/mol. The molecule has 2 unspecified atom stereocenters. The van der Waals surface area contributed by atoms with Crippen LogP contribution in [0, 0.1) is 6.92 Å². The van der Waals surface area contributed by atoms with Crippen molar-refractivity contribution in [2.24, 2.45) is 0 Å². The molecule has 0 aromatic heterocycles. The molecule has 1 N–H and O–H groups in total. The van der Waals surface area contributed by atoms with E-state index in [1.54, 1.807) is 0 Å². The summed E-state index contributed by atoms with van der Waals surface area (Å²) in [5.41, 5.74) is 2.13. The van der Waals surface area contributed by atoms with Gasteiger partial charge < -0.3 is 5.32 Å². The molecule has 2 atom stereocenters. The molecular weight excluding hydrogens is 314 g/mol. The zero-order valence-corrected chi connectivity index (χ0v) is 13.0. The van der Waals surface area contributed by atoms with Crippen molar-refractivity contribution < 1.29 is 8.42 Å². The number of rotatable bonds is 3. The van der Waals surface area contributed by atoms with Crippen molar-refractivity contribution in [1.29, 1.82) is 0 Å². The molecule has 3 nitrogen and oxygen atoms in total. The third-order valence-corrected chi connectivity index (χ3v) is 6.25. The van der Waals surface area contributed by atoms with Crippen LogP contribution in [0.4, 0.5) is 5.69 Å². The number of anilines is 1. The third kappa shape index (κ3) is 2.88. The highest BCUT2D eigenvalue weighted by molar-refractivity contribution is 9.10. The van der Waals surface area contributed by atoms with Gasteiger partial charge >= 0.3 is 0 Å². The first-order valence-corrected chi connectivity index (χ1v) is 8.85. The normalized spacial score (nSPS) is 24.2. The van der Waals surface area contributed by atoms with E-state index in [0.29, 0.717) is 0 Å². The summed E-state index contributed by atoms with van der Waals surface area (Å²) < 4.78 is 24.5. The van der Waals surface area contributed by atoms with Gasteiger partial charge in [0.05, 0.1) is 5.25 Å². The molecule has 0 saturated heterocycles. The lowest BCUT2D eigenvalue weighted by Crippen LogP contribution is -2.34. The fourth-order valence-corrected chi connectivity index (χ4v) is 4.34. The van der Waals surface area contributed by atoms with Crippen LogP contribution in [-0.4, -0.2) is 26.0 Å². The Bertz CT molecular complexity index is 542. The second-order valence-corrected chi connectivity index (χ2v) is 8.04. The van der Waals surface area contributed by atoms with Crippen LogP contribution < -0.4 is 5.32 Å². The molecule has 0 amide bonds. The van der Waals surface area contributed by atoms with Gasteiger partial charge in [-0.2, -0.15) is 0 Å². The largest absolute Gasteiger partial charge is 0.380 e. The second-order valence-electron chi connectivity index (χ2n) is 4.99. The average molecular weight is 332 g/mol. The van der Waals surface area contributed by atoms with Crippen LogP contribution >= 0.6 is 15.9 Å². The summed E-state index contributed by atoms with van der Waals surface area (Å²) in [7, 11) is -2.97. The Hall–Kier alpha value is -0.550. The Kier molecular flexibility index (Phi) is 4.02. The number of benzene rings is 1. The van der Waals surface area contributed by atoms with Crippen molar-refractivity contribution in [3.8, 4) is 0 Å². The molecule has 18 heavy (non-hydrogen) atoms.